The van der Waals surface area contributed by atoms with E-state index in [0.29, 0.717) is 0 Å². The van der Waals surface area contributed by atoms with Crippen molar-refractivity contribution in [3.8, 4) is 0 Å². The maximum atomic E-state index is 13.3. The molecule has 0 radical (unpaired) electrons. The van der Waals surface area contributed by atoms with Gasteiger partial charge in [0.05, 0.1) is 0 Å². The number of rotatable bonds is 3. The Balaban J connectivity index is 1.91. The van der Waals surface area contributed by atoms with Crippen molar-refractivity contribution >= 4 is 28.5 Å². The molecule has 0 N–H and O–H groups in total. The van der Waals surface area contributed by atoms with Crippen LogP contribution in [0.15, 0.2) is 59.6 Å². The number of halogens is 3. The van der Waals surface area contributed by atoms with Gasteiger partial charge in [-0.1, -0.05) is 30.3 Å². The monoisotopic (exact) mass is 399 g/mol. The first-order chi connectivity index (χ1) is 10.1. The molecule has 5 heteroatoms. The Morgan fingerprint density at radius 2 is 1.67 bits per heavy atom. The molecule has 21 heavy (non-hydrogen) atoms. The molecule has 0 spiro atoms. The van der Waals surface area contributed by atoms with Crippen LogP contribution in [0.2, 0.25) is 0 Å². The lowest BCUT2D eigenvalue weighted by Gasteiger charge is -2.17. The largest absolute Gasteiger partial charge is 0.467 e. The Morgan fingerprint density at radius 1 is 1.00 bits per heavy atom. The summed E-state index contributed by atoms with van der Waals surface area (Å²) in [6.07, 6.45) is -3.30. The quantitative estimate of drug-likeness (QED) is 0.700. The highest BCUT2D eigenvalue weighted by molar-refractivity contribution is 14.1. The molecule has 0 saturated heterocycles. The number of benzene rings is 2. The second kappa shape index (κ2) is 6.09. The molecule has 0 bridgehead atoms. The van der Waals surface area contributed by atoms with Gasteiger partial charge >= 0.3 is 0 Å². The number of alkyl halides is 2. The predicted octanol–water partition coefficient (Wildman–Crippen LogP) is 4.44. The van der Waals surface area contributed by atoms with Crippen LogP contribution in [0.5, 0.6) is 0 Å². The Bertz CT molecular complexity index is 643. The molecule has 1 aliphatic heterocycles. The van der Waals surface area contributed by atoms with Crippen LogP contribution in [-0.4, -0.2) is 18.4 Å². The normalized spacial score (nSPS) is 21.2. The zero-order valence-electron chi connectivity index (χ0n) is 10.9. The van der Waals surface area contributed by atoms with Gasteiger partial charge in [0, 0.05) is 9.13 Å². The van der Waals surface area contributed by atoms with E-state index in [1.807, 2.05) is 42.5 Å². The maximum absolute atomic E-state index is 13.3. The molecule has 2 aromatic rings. The minimum Gasteiger partial charge on any atom is -0.467 e. The highest BCUT2D eigenvalue weighted by atomic mass is 127. The molecule has 2 nitrogen and oxygen atoms in total. The van der Waals surface area contributed by atoms with Gasteiger partial charge in [0.25, 0.3) is 6.43 Å². The van der Waals surface area contributed by atoms with Crippen LogP contribution in [-0.2, 0) is 4.74 Å². The third-order valence-electron chi connectivity index (χ3n) is 3.29. The summed E-state index contributed by atoms with van der Waals surface area (Å²) in [4.78, 5) is 4.08. The first-order valence-corrected chi connectivity index (χ1v) is 7.56. The SMILES string of the molecule is FC(F)[C@H]1N=C(c2ccccc2)O[C@@H]1c1ccc(I)cc1. The van der Waals surface area contributed by atoms with E-state index in [4.69, 9.17) is 4.74 Å². The Morgan fingerprint density at radius 3 is 2.29 bits per heavy atom. The molecule has 0 aromatic heterocycles. The lowest BCUT2D eigenvalue weighted by atomic mass is 10.0. The summed E-state index contributed by atoms with van der Waals surface area (Å²) < 4.78 is 33.3. The second-order valence-corrected chi connectivity index (χ2v) is 5.96. The molecule has 0 unspecified atom stereocenters. The summed E-state index contributed by atoms with van der Waals surface area (Å²) >= 11 is 2.17. The summed E-state index contributed by atoms with van der Waals surface area (Å²) in [6, 6.07) is 15.3. The Kier molecular flexibility index (Phi) is 4.19. The first kappa shape index (κ1) is 14.4. The van der Waals surface area contributed by atoms with Gasteiger partial charge in [0.2, 0.25) is 5.90 Å². The van der Waals surface area contributed by atoms with Crippen molar-refractivity contribution in [2.45, 2.75) is 18.6 Å². The molecular formula is C16H12F2INO. The first-order valence-electron chi connectivity index (χ1n) is 6.48. The summed E-state index contributed by atoms with van der Waals surface area (Å²) in [5.74, 6) is 0.282. The molecular weight excluding hydrogens is 387 g/mol. The molecule has 1 heterocycles. The maximum Gasteiger partial charge on any atom is 0.264 e. The number of nitrogens with zero attached hydrogens (tertiary/aromatic N) is 1. The number of ether oxygens (including phenoxy) is 1. The van der Waals surface area contributed by atoms with Gasteiger partial charge in [0.15, 0.2) is 12.1 Å². The van der Waals surface area contributed by atoms with E-state index in [1.54, 1.807) is 12.1 Å². The van der Waals surface area contributed by atoms with Crippen molar-refractivity contribution in [3.05, 3.63) is 69.3 Å². The Hall–Kier alpha value is -1.50. The van der Waals surface area contributed by atoms with Crippen molar-refractivity contribution in [2.75, 3.05) is 0 Å². The smallest absolute Gasteiger partial charge is 0.264 e. The van der Waals surface area contributed by atoms with Crippen molar-refractivity contribution in [2.24, 2.45) is 4.99 Å². The molecule has 0 saturated carbocycles. The van der Waals surface area contributed by atoms with Crippen molar-refractivity contribution in [3.63, 3.8) is 0 Å². The standard InChI is InChI=1S/C16H12F2INO/c17-15(18)13-14(10-6-8-12(19)9-7-10)21-16(20-13)11-4-2-1-3-5-11/h1-9,13-15H/t13-,14+/m0/s1. The molecule has 1 aliphatic rings. The number of hydrogen-bond donors (Lipinski definition) is 0. The molecule has 0 aliphatic carbocycles. The van der Waals surface area contributed by atoms with Crippen LogP contribution in [0.1, 0.15) is 17.2 Å². The fourth-order valence-electron chi connectivity index (χ4n) is 2.25. The van der Waals surface area contributed by atoms with E-state index in [1.165, 1.54) is 0 Å². The van der Waals surface area contributed by atoms with Crippen LogP contribution < -0.4 is 0 Å². The van der Waals surface area contributed by atoms with Crippen molar-refractivity contribution in [1.29, 1.82) is 0 Å². The summed E-state index contributed by atoms with van der Waals surface area (Å²) in [5.41, 5.74) is 1.44. The number of aliphatic imine (C=N–C) groups is 1. The average Bonchev–Trinajstić information content (AvgIpc) is 2.94. The zero-order chi connectivity index (χ0) is 14.8. The third kappa shape index (κ3) is 3.07. The van der Waals surface area contributed by atoms with Gasteiger partial charge in [-0.15, -0.1) is 0 Å². The summed E-state index contributed by atoms with van der Waals surface area (Å²) in [5, 5.41) is 0. The van der Waals surface area contributed by atoms with Gasteiger partial charge in [0.1, 0.15) is 0 Å². The number of hydrogen-bond acceptors (Lipinski definition) is 2. The van der Waals surface area contributed by atoms with E-state index < -0.39 is 18.6 Å². The van der Waals surface area contributed by atoms with E-state index in [-0.39, 0.29) is 5.90 Å². The average molecular weight is 399 g/mol. The fraction of sp³-hybridized carbons (Fsp3) is 0.188. The summed E-state index contributed by atoms with van der Waals surface area (Å²) in [7, 11) is 0. The molecule has 0 fully saturated rings. The van der Waals surface area contributed by atoms with Gasteiger partial charge in [-0.05, 0) is 52.4 Å². The van der Waals surface area contributed by atoms with Crippen molar-refractivity contribution < 1.29 is 13.5 Å². The highest BCUT2D eigenvalue weighted by Gasteiger charge is 2.38. The predicted molar refractivity (Wildman–Crippen MR) is 85.8 cm³/mol. The van der Waals surface area contributed by atoms with Crippen LogP contribution in [0.25, 0.3) is 0 Å². The van der Waals surface area contributed by atoms with Crippen LogP contribution >= 0.6 is 22.6 Å². The van der Waals surface area contributed by atoms with Gasteiger partial charge in [-0.3, -0.25) is 0 Å². The molecule has 3 rings (SSSR count). The molecule has 2 atom stereocenters. The topological polar surface area (TPSA) is 21.6 Å². The molecule has 2 aromatic carbocycles. The fourth-order valence-corrected chi connectivity index (χ4v) is 2.61. The van der Waals surface area contributed by atoms with E-state index in [0.717, 1.165) is 14.7 Å². The van der Waals surface area contributed by atoms with E-state index in [2.05, 4.69) is 27.6 Å². The highest BCUT2D eigenvalue weighted by Crippen LogP contribution is 2.34. The van der Waals surface area contributed by atoms with Crippen LogP contribution in [0, 0.1) is 3.57 Å². The van der Waals surface area contributed by atoms with E-state index in [9.17, 15) is 8.78 Å². The second-order valence-electron chi connectivity index (χ2n) is 4.72. The summed E-state index contributed by atoms with van der Waals surface area (Å²) in [6.45, 7) is 0. The molecule has 108 valence electrons. The zero-order valence-corrected chi connectivity index (χ0v) is 13.1. The van der Waals surface area contributed by atoms with Gasteiger partial charge in [-0.2, -0.15) is 0 Å². The molecule has 0 amide bonds. The van der Waals surface area contributed by atoms with Crippen LogP contribution in [0.4, 0.5) is 8.78 Å². The van der Waals surface area contributed by atoms with Gasteiger partial charge < -0.3 is 4.74 Å². The van der Waals surface area contributed by atoms with Crippen LogP contribution in [0.3, 0.4) is 0 Å². The van der Waals surface area contributed by atoms with E-state index >= 15 is 0 Å². The lowest BCUT2D eigenvalue weighted by Crippen LogP contribution is -2.21. The minimum absolute atomic E-state index is 0.282. The minimum atomic E-state index is -2.56. The van der Waals surface area contributed by atoms with Gasteiger partial charge in [-0.25, -0.2) is 13.8 Å². The lowest BCUT2D eigenvalue weighted by molar-refractivity contribution is 0.0634. The third-order valence-corrected chi connectivity index (χ3v) is 4.01. The Labute approximate surface area is 135 Å². The van der Waals surface area contributed by atoms with Crippen molar-refractivity contribution in [1.82, 2.24) is 0 Å².